The lowest BCUT2D eigenvalue weighted by atomic mass is 9.91. The van der Waals surface area contributed by atoms with Gasteiger partial charge in [0.05, 0.1) is 0 Å². The number of hydrogen-bond donors (Lipinski definition) is 2. The first-order chi connectivity index (χ1) is 6.23. The fraction of sp³-hybridized carbons (Fsp3) is 0.500. The summed E-state index contributed by atoms with van der Waals surface area (Å²) in [4.78, 5) is 3.97. The van der Waals surface area contributed by atoms with Gasteiger partial charge in [-0.15, -0.1) is 0 Å². The molecule has 0 aliphatic carbocycles. The highest BCUT2D eigenvalue weighted by Gasteiger charge is 2.26. The molecule has 0 fully saturated rings. The predicted molar refractivity (Wildman–Crippen MR) is 52.1 cm³/mol. The Morgan fingerprint density at radius 3 is 2.85 bits per heavy atom. The van der Waals surface area contributed by atoms with E-state index in [0.29, 0.717) is 6.42 Å². The fourth-order valence-electron chi connectivity index (χ4n) is 1.42. The lowest BCUT2D eigenvalue weighted by Gasteiger charge is -2.25. The van der Waals surface area contributed by atoms with E-state index in [1.807, 2.05) is 19.1 Å². The normalized spacial score (nSPS) is 15.3. The average Bonchev–Trinajstić information content (AvgIpc) is 2.19. The Balaban J connectivity index is 2.89. The molecule has 1 rings (SSSR count). The molecule has 3 heteroatoms. The van der Waals surface area contributed by atoms with E-state index in [1.54, 1.807) is 12.4 Å². The molecule has 72 valence electrons. The van der Waals surface area contributed by atoms with E-state index in [4.69, 9.17) is 5.73 Å². The minimum absolute atomic E-state index is 0.243. The Labute approximate surface area is 78.6 Å². The molecule has 3 nitrogen and oxygen atoms in total. The molecule has 0 saturated carbocycles. The molecule has 0 spiro atoms. The summed E-state index contributed by atoms with van der Waals surface area (Å²) in [5.41, 5.74) is 5.45. The number of aromatic nitrogens is 1. The molecule has 0 aliphatic heterocycles. The molecule has 0 amide bonds. The van der Waals surface area contributed by atoms with Gasteiger partial charge in [-0.25, -0.2) is 0 Å². The van der Waals surface area contributed by atoms with Crippen LogP contribution >= 0.6 is 0 Å². The van der Waals surface area contributed by atoms with Gasteiger partial charge in [0.2, 0.25) is 0 Å². The molecule has 1 atom stereocenters. The predicted octanol–water partition coefficient (Wildman–Crippen LogP) is 1.03. The van der Waals surface area contributed by atoms with Gasteiger partial charge in [0.25, 0.3) is 0 Å². The maximum atomic E-state index is 10.1. The van der Waals surface area contributed by atoms with Crippen molar-refractivity contribution in [2.75, 3.05) is 6.54 Å². The largest absolute Gasteiger partial charge is 0.384 e. The zero-order chi connectivity index (χ0) is 9.73. The summed E-state index contributed by atoms with van der Waals surface area (Å²) in [6, 6.07) is 3.67. The molecule has 0 bridgehead atoms. The van der Waals surface area contributed by atoms with Crippen LogP contribution in [0.15, 0.2) is 24.5 Å². The third-order valence-electron chi connectivity index (χ3n) is 2.20. The van der Waals surface area contributed by atoms with E-state index >= 15 is 0 Å². The quantitative estimate of drug-likeness (QED) is 0.727. The van der Waals surface area contributed by atoms with Crippen molar-refractivity contribution in [3.05, 3.63) is 30.1 Å². The summed E-state index contributed by atoms with van der Waals surface area (Å²) in [5, 5.41) is 10.1. The Bertz CT molecular complexity index is 250. The van der Waals surface area contributed by atoms with E-state index in [2.05, 4.69) is 4.98 Å². The number of nitrogens with two attached hydrogens (primary N) is 1. The smallest absolute Gasteiger partial charge is 0.103 e. The number of nitrogens with zero attached hydrogens (tertiary/aromatic N) is 1. The van der Waals surface area contributed by atoms with Crippen molar-refractivity contribution in [1.82, 2.24) is 4.98 Å². The Kier molecular flexibility index (Phi) is 3.39. The minimum Gasteiger partial charge on any atom is -0.384 e. The molecule has 3 N–H and O–H groups in total. The summed E-state index contributed by atoms with van der Waals surface area (Å²) in [7, 11) is 0. The standard InChI is InChI=1S/C10H16N2O/c1-2-5-10(13,8-11)9-4-3-6-12-7-9/h3-4,6-7,13H,2,5,8,11H2,1H3. The van der Waals surface area contributed by atoms with Crippen LogP contribution in [-0.4, -0.2) is 16.6 Å². The van der Waals surface area contributed by atoms with Crippen molar-refractivity contribution >= 4 is 0 Å². The maximum absolute atomic E-state index is 10.1. The summed E-state index contributed by atoms with van der Waals surface area (Å²) in [5.74, 6) is 0. The molecule has 1 unspecified atom stereocenters. The molecule has 0 aromatic carbocycles. The third-order valence-corrected chi connectivity index (χ3v) is 2.20. The van der Waals surface area contributed by atoms with Gasteiger partial charge in [-0.05, 0) is 12.5 Å². The Hall–Kier alpha value is -0.930. The summed E-state index contributed by atoms with van der Waals surface area (Å²) >= 11 is 0. The van der Waals surface area contributed by atoms with Crippen LogP contribution in [0.25, 0.3) is 0 Å². The monoisotopic (exact) mass is 180 g/mol. The molecular formula is C10H16N2O. The van der Waals surface area contributed by atoms with Gasteiger partial charge in [0.1, 0.15) is 5.60 Å². The van der Waals surface area contributed by atoms with Gasteiger partial charge >= 0.3 is 0 Å². The molecule has 0 aliphatic rings. The highest BCUT2D eigenvalue weighted by molar-refractivity contribution is 5.18. The number of pyridine rings is 1. The van der Waals surface area contributed by atoms with Crippen LogP contribution in [0.1, 0.15) is 25.3 Å². The van der Waals surface area contributed by atoms with Crippen molar-refractivity contribution in [2.45, 2.75) is 25.4 Å². The fourth-order valence-corrected chi connectivity index (χ4v) is 1.42. The second-order valence-corrected chi connectivity index (χ2v) is 3.23. The van der Waals surface area contributed by atoms with Crippen LogP contribution < -0.4 is 5.73 Å². The summed E-state index contributed by atoms with van der Waals surface area (Å²) in [6.45, 7) is 2.27. The van der Waals surface area contributed by atoms with E-state index in [1.165, 1.54) is 0 Å². The molecule has 0 saturated heterocycles. The third kappa shape index (κ3) is 2.26. The first-order valence-electron chi connectivity index (χ1n) is 4.56. The average molecular weight is 180 g/mol. The SMILES string of the molecule is CCCC(O)(CN)c1cccnc1. The maximum Gasteiger partial charge on any atom is 0.103 e. The zero-order valence-electron chi connectivity index (χ0n) is 7.90. The van der Waals surface area contributed by atoms with Gasteiger partial charge in [-0.2, -0.15) is 0 Å². The van der Waals surface area contributed by atoms with Gasteiger partial charge < -0.3 is 10.8 Å². The minimum atomic E-state index is -0.900. The molecule has 0 radical (unpaired) electrons. The first kappa shape index (κ1) is 10.2. The van der Waals surface area contributed by atoms with E-state index in [-0.39, 0.29) is 6.54 Å². The van der Waals surface area contributed by atoms with Crippen molar-refractivity contribution in [3.63, 3.8) is 0 Å². The van der Waals surface area contributed by atoms with Crippen LogP contribution in [-0.2, 0) is 5.60 Å². The van der Waals surface area contributed by atoms with Crippen molar-refractivity contribution < 1.29 is 5.11 Å². The van der Waals surface area contributed by atoms with Gasteiger partial charge in [-0.3, -0.25) is 4.98 Å². The van der Waals surface area contributed by atoms with Crippen LogP contribution in [0.3, 0.4) is 0 Å². The molecule has 1 aromatic heterocycles. The second kappa shape index (κ2) is 4.35. The number of hydrogen-bond acceptors (Lipinski definition) is 3. The van der Waals surface area contributed by atoms with Crippen LogP contribution in [0, 0.1) is 0 Å². The summed E-state index contributed by atoms with van der Waals surface area (Å²) < 4.78 is 0. The zero-order valence-corrected chi connectivity index (χ0v) is 7.90. The van der Waals surface area contributed by atoms with Gasteiger partial charge in [-0.1, -0.05) is 19.4 Å². The highest BCUT2D eigenvalue weighted by Crippen LogP contribution is 2.24. The molecule has 1 aromatic rings. The van der Waals surface area contributed by atoms with E-state index < -0.39 is 5.60 Å². The lowest BCUT2D eigenvalue weighted by Crippen LogP contribution is -2.34. The Morgan fingerprint density at radius 2 is 2.38 bits per heavy atom. The first-order valence-corrected chi connectivity index (χ1v) is 4.56. The van der Waals surface area contributed by atoms with E-state index in [9.17, 15) is 5.11 Å². The van der Waals surface area contributed by atoms with Crippen LogP contribution in [0.5, 0.6) is 0 Å². The summed E-state index contributed by atoms with van der Waals surface area (Å²) in [6.07, 6.45) is 4.94. The van der Waals surface area contributed by atoms with Gasteiger partial charge in [0.15, 0.2) is 0 Å². The van der Waals surface area contributed by atoms with Crippen molar-refractivity contribution in [2.24, 2.45) is 5.73 Å². The van der Waals surface area contributed by atoms with Crippen LogP contribution in [0.4, 0.5) is 0 Å². The Morgan fingerprint density at radius 1 is 1.62 bits per heavy atom. The topological polar surface area (TPSA) is 59.1 Å². The number of rotatable bonds is 4. The molecule has 13 heavy (non-hydrogen) atoms. The lowest BCUT2D eigenvalue weighted by molar-refractivity contribution is 0.0356. The number of aliphatic hydroxyl groups is 1. The van der Waals surface area contributed by atoms with Crippen molar-refractivity contribution in [3.8, 4) is 0 Å². The second-order valence-electron chi connectivity index (χ2n) is 3.23. The van der Waals surface area contributed by atoms with Crippen LogP contribution in [0.2, 0.25) is 0 Å². The highest BCUT2D eigenvalue weighted by atomic mass is 16.3. The van der Waals surface area contributed by atoms with Crippen molar-refractivity contribution in [1.29, 1.82) is 0 Å². The molecule has 1 heterocycles. The molecular weight excluding hydrogens is 164 g/mol. The van der Waals surface area contributed by atoms with E-state index in [0.717, 1.165) is 12.0 Å². The van der Waals surface area contributed by atoms with Gasteiger partial charge in [0, 0.05) is 24.5 Å².